The molecule has 1 fully saturated rings. The number of benzene rings is 2. The number of piperazine rings is 1. The minimum atomic E-state index is 0.0224. The van der Waals surface area contributed by atoms with Crippen molar-refractivity contribution in [2.45, 2.75) is 32.7 Å². The molecule has 8 heteroatoms. The van der Waals surface area contributed by atoms with Gasteiger partial charge in [0.25, 0.3) is 5.91 Å². The van der Waals surface area contributed by atoms with Gasteiger partial charge in [-0.2, -0.15) is 0 Å². The number of hydrogen-bond donors (Lipinski definition) is 0. The van der Waals surface area contributed by atoms with Gasteiger partial charge in [-0.15, -0.1) is 10.2 Å². The SMILES string of the molecule is CC(C)c1nnc2c3ccccc3nc(N3CCN(C(=O)c4ccc(Cl)cc4)[C@@H](C)C3)n12. The summed E-state index contributed by atoms with van der Waals surface area (Å²) in [6, 6.07) is 15.1. The molecule has 1 aliphatic rings. The van der Waals surface area contributed by atoms with Crippen molar-refractivity contribution in [2.24, 2.45) is 0 Å². The number of rotatable bonds is 3. The quantitative estimate of drug-likeness (QED) is 0.464. The van der Waals surface area contributed by atoms with E-state index in [0.29, 0.717) is 30.2 Å². The molecule has 1 aliphatic heterocycles. The summed E-state index contributed by atoms with van der Waals surface area (Å²) in [5.74, 6) is 1.95. The van der Waals surface area contributed by atoms with E-state index in [0.717, 1.165) is 28.3 Å². The lowest BCUT2D eigenvalue weighted by molar-refractivity contribution is 0.0673. The number of para-hydroxylation sites is 1. The van der Waals surface area contributed by atoms with Gasteiger partial charge < -0.3 is 9.80 Å². The summed E-state index contributed by atoms with van der Waals surface area (Å²) in [6.07, 6.45) is 0. The van der Waals surface area contributed by atoms with Crippen LogP contribution >= 0.6 is 11.6 Å². The molecule has 1 amide bonds. The molecule has 0 N–H and O–H groups in total. The molecule has 2 aromatic carbocycles. The van der Waals surface area contributed by atoms with Gasteiger partial charge in [0.1, 0.15) is 5.82 Å². The second-order valence-electron chi connectivity index (χ2n) is 8.60. The predicted octanol–water partition coefficient (Wildman–Crippen LogP) is 4.41. The van der Waals surface area contributed by atoms with E-state index in [1.807, 2.05) is 29.2 Å². The van der Waals surface area contributed by atoms with Gasteiger partial charge in [0, 0.05) is 47.6 Å². The van der Waals surface area contributed by atoms with Crippen LogP contribution in [-0.2, 0) is 0 Å². The van der Waals surface area contributed by atoms with E-state index in [4.69, 9.17) is 16.6 Å². The summed E-state index contributed by atoms with van der Waals surface area (Å²) in [4.78, 5) is 22.2. The van der Waals surface area contributed by atoms with Gasteiger partial charge in [-0.1, -0.05) is 37.6 Å². The molecular weight excluding hydrogens is 424 g/mol. The highest BCUT2D eigenvalue weighted by atomic mass is 35.5. The van der Waals surface area contributed by atoms with Crippen molar-refractivity contribution in [3.8, 4) is 0 Å². The third kappa shape index (κ3) is 3.46. The third-order valence-corrected chi connectivity index (χ3v) is 6.28. The van der Waals surface area contributed by atoms with Crippen LogP contribution in [0.25, 0.3) is 16.6 Å². The van der Waals surface area contributed by atoms with Gasteiger partial charge >= 0.3 is 0 Å². The maximum atomic E-state index is 13.1. The Balaban J connectivity index is 1.50. The molecular formula is C24H25ClN6O. The van der Waals surface area contributed by atoms with Crippen LogP contribution in [-0.4, -0.2) is 56.1 Å². The summed E-state index contributed by atoms with van der Waals surface area (Å²) in [5.41, 5.74) is 2.37. The Morgan fingerprint density at radius 1 is 1.06 bits per heavy atom. The second-order valence-corrected chi connectivity index (χ2v) is 9.04. The van der Waals surface area contributed by atoms with Crippen molar-refractivity contribution < 1.29 is 4.79 Å². The fourth-order valence-electron chi connectivity index (χ4n) is 4.37. The van der Waals surface area contributed by atoms with Crippen LogP contribution in [0, 0.1) is 0 Å². The molecule has 0 bridgehead atoms. The van der Waals surface area contributed by atoms with E-state index >= 15 is 0 Å². The molecule has 0 unspecified atom stereocenters. The first-order valence-electron chi connectivity index (χ1n) is 10.9. The first-order chi connectivity index (χ1) is 15.4. The Labute approximate surface area is 191 Å². The van der Waals surface area contributed by atoms with E-state index in [2.05, 4.69) is 40.3 Å². The number of amides is 1. The molecule has 164 valence electrons. The molecule has 32 heavy (non-hydrogen) atoms. The zero-order valence-electron chi connectivity index (χ0n) is 18.4. The number of fused-ring (bicyclic) bond motifs is 3. The number of aromatic nitrogens is 4. The van der Waals surface area contributed by atoms with Crippen LogP contribution in [0.2, 0.25) is 5.02 Å². The summed E-state index contributed by atoms with van der Waals surface area (Å²) in [5, 5.41) is 10.6. The fraction of sp³-hybridized carbons (Fsp3) is 0.333. The van der Waals surface area contributed by atoms with Crippen LogP contribution in [0.15, 0.2) is 48.5 Å². The fourth-order valence-corrected chi connectivity index (χ4v) is 4.50. The molecule has 0 radical (unpaired) electrons. The smallest absolute Gasteiger partial charge is 0.254 e. The monoisotopic (exact) mass is 448 g/mol. The molecule has 2 aromatic heterocycles. The van der Waals surface area contributed by atoms with E-state index in [1.165, 1.54) is 0 Å². The summed E-state index contributed by atoms with van der Waals surface area (Å²) in [7, 11) is 0. The Bertz CT molecular complexity index is 1300. The van der Waals surface area contributed by atoms with Crippen LogP contribution in [0.1, 0.15) is 42.9 Å². The van der Waals surface area contributed by atoms with E-state index in [9.17, 15) is 4.79 Å². The van der Waals surface area contributed by atoms with Gasteiger partial charge in [0.05, 0.1) is 5.52 Å². The van der Waals surface area contributed by atoms with E-state index < -0.39 is 0 Å². The van der Waals surface area contributed by atoms with E-state index in [1.54, 1.807) is 24.3 Å². The zero-order valence-corrected chi connectivity index (χ0v) is 19.1. The second kappa shape index (κ2) is 8.06. The first-order valence-corrected chi connectivity index (χ1v) is 11.3. The van der Waals surface area contributed by atoms with Crippen molar-refractivity contribution in [1.82, 2.24) is 24.5 Å². The normalized spacial score (nSPS) is 17.0. The highest BCUT2D eigenvalue weighted by Gasteiger charge is 2.31. The van der Waals surface area contributed by atoms with Crippen molar-refractivity contribution in [3.63, 3.8) is 0 Å². The minimum Gasteiger partial charge on any atom is -0.338 e. The molecule has 3 heterocycles. The minimum absolute atomic E-state index is 0.0224. The standard InChI is InChI=1S/C24H25ClN6O/c1-15(2)21-27-28-22-19-6-4-5-7-20(19)26-24(31(21)22)29-12-13-30(16(3)14-29)23(32)17-8-10-18(25)11-9-17/h4-11,15-16H,12-14H2,1-3H3/t16-/m0/s1. The lowest BCUT2D eigenvalue weighted by Crippen LogP contribution is -2.54. The average molecular weight is 449 g/mol. The molecule has 0 spiro atoms. The highest BCUT2D eigenvalue weighted by Crippen LogP contribution is 2.28. The summed E-state index contributed by atoms with van der Waals surface area (Å²) in [6.45, 7) is 8.27. The molecule has 0 saturated carbocycles. The molecule has 0 aliphatic carbocycles. The van der Waals surface area contributed by atoms with Crippen LogP contribution < -0.4 is 4.90 Å². The van der Waals surface area contributed by atoms with Crippen molar-refractivity contribution in [3.05, 3.63) is 64.9 Å². The third-order valence-electron chi connectivity index (χ3n) is 6.03. The van der Waals surface area contributed by atoms with Gasteiger partial charge in [-0.3, -0.25) is 4.79 Å². The first kappa shape index (κ1) is 20.7. The average Bonchev–Trinajstić information content (AvgIpc) is 3.24. The Morgan fingerprint density at radius 2 is 1.81 bits per heavy atom. The molecule has 4 aromatic rings. The predicted molar refractivity (Wildman–Crippen MR) is 127 cm³/mol. The number of carbonyl (C=O) groups is 1. The number of carbonyl (C=O) groups excluding carboxylic acids is 1. The Kier molecular flexibility index (Phi) is 5.21. The maximum absolute atomic E-state index is 13.1. The molecule has 1 saturated heterocycles. The molecule has 7 nitrogen and oxygen atoms in total. The van der Waals surface area contributed by atoms with Crippen LogP contribution in [0.3, 0.4) is 0 Å². The Morgan fingerprint density at radius 3 is 2.53 bits per heavy atom. The van der Waals surface area contributed by atoms with Crippen molar-refractivity contribution >= 4 is 40.0 Å². The number of halogens is 1. The van der Waals surface area contributed by atoms with Crippen LogP contribution in [0.4, 0.5) is 5.95 Å². The highest BCUT2D eigenvalue weighted by molar-refractivity contribution is 6.30. The molecule has 5 rings (SSSR count). The lowest BCUT2D eigenvalue weighted by atomic mass is 10.1. The van der Waals surface area contributed by atoms with Gasteiger partial charge in [0.15, 0.2) is 5.65 Å². The van der Waals surface area contributed by atoms with Crippen molar-refractivity contribution in [2.75, 3.05) is 24.5 Å². The van der Waals surface area contributed by atoms with Gasteiger partial charge in [0.2, 0.25) is 5.95 Å². The topological polar surface area (TPSA) is 66.6 Å². The summed E-state index contributed by atoms with van der Waals surface area (Å²) >= 11 is 5.98. The maximum Gasteiger partial charge on any atom is 0.254 e. The number of hydrogen-bond acceptors (Lipinski definition) is 5. The number of nitrogens with zero attached hydrogens (tertiary/aromatic N) is 6. The van der Waals surface area contributed by atoms with Crippen LogP contribution in [0.5, 0.6) is 0 Å². The van der Waals surface area contributed by atoms with Crippen molar-refractivity contribution in [1.29, 1.82) is 0 Å². The lowest BCUT2D eigenvalue weighted by Gasteiger charge is -2.40. The van der Waals surface area contributed by atoms with Gasteiger partial charge in [-0.25, -0.2) is 9.38 Å². The largest absolute Gasteiger partial charge is 0.338 e. The number of anilines is 1. The van der Waals surface area contributed by atoms with Gasteiger partial charge in [-0.05, 0) is 43.3 Å². The zero-order chi connectivity index (χ0) is 22.4. The van der Waals surface area contributed by atoms with E-state index in [-0.39, 0.29) is 17.9 Å². The molecule has 1 atom stereocenters. The Hall–Kier alpha value is -3.19. The summed E-state index contributed by atoms with van der Waals surface area (Å²) < 4.78 is 2.08.